The molecule has 1 atom stereocenters. The summed E-state index contributed by atoms with van der Waals surface area (Å²) in [5.74, 6) is -0.911. The van der Waals surface area contributed by atoms with Gasteiger partial charge in [-0.3, -0.25) is 14.1 Å². The Morgan fingerprint density at radius 2 is 0.913 bits per heavy atom. The molecule has 0 rings (SSSR count). The van der Waals surface area contributed by atoms with Crippen LogP contribution >= 0.6 is 7.82 Å². The van der Waals surface area contributed by atoms with Gasteiger partial charge >= 0.3 is 19.8 Å². The lowest BCUT2D eigenvalue weighted by Crippen LogP contribution is -2.29. The first-order valence-corrected chi connectivity index (χ1v) is 20.2. The predicted molar refractivity (Wildman–Crippen MR) is 189 cm³/mol. The van der Waals surface area contributed by atoms with E-state index in [1.165, 1.54) is 83.5 Å². The normalized spacial score (nSPS) is 12.7. The molecule has 0 aliphatic rings. The monoisotopic (exact) mass is 672 g/mol. The smallest absolute Gasteiger partial charge is 0.462 e. The molecule has 0 amide bonds. The van der Waals surface area contributed by atoms with Crippen LogP contribution in [0.3, 0.4) is 0 Å². The van der Waals surface area contributed by atoms with Gasteiger partial charge < -0.3 is 19.3 Å². The molecule has 0 aliphatic heterocycles. The van der Waals surface area contributed by atoms with E-state index in [0.29, 0.717) is 12.8 Å². The first kappa shape index (κ1) is 44.5. The lowest BCUT2D eigenvalue weighted by Gasteiger charge is -2.18. The van der Waals surface area contributed by atoms with Crippen LogP contribution in [0, 0.1) is 0 Å². The van der Waals surface area contributed by atoms with Gasteiger partial charge in [-0.1, -0.05) is 128 Å². The third-order valence-electron chi connectivity index (χ3n) is 7.94. The summed E-state index contributed by atoms with van der Waals surface area (Å²) < 4.78 is 26.3. The molecule has 0 aromatic rings. The first-order chi connectivity index (χ1) is 22.3. The molecule has 0 aromatic carbocycles. The van der Waals surface area contributed by atoms with Gasteiger partial charge in [-0.2, -0.15) is 0 Å². The quantitative estimate of drug-likeness (QED) is 0.0300. The van der Waals surface area contributed by atoms with Crippen molar-refractivity contribution in [2.24, 2.45) is 0 Å². The summed E-state index contributed by atoms with van der Waals surface area (Å²) in [5.41, 5.74) is 0. The second-order valence-electron chi connectivity index (χ2n) is 12.5. The number of rotatable bonds is 34. The lowest BCUT2D eigenvalue weighted by atomic mass is 10.1. The highest BCUT2D eigenvalue weighted by Gasteiger charge is 2.22. The maximum atomic E-state index is 12.3. The Hall–Kier alpha value is -1.47. The number of hydrogen-bond acceptors (Lipinski definition) is 6. The van der Waals surface area contributed by atoms with Gasteiger partial charge in [-0.05, 0) is 64.2 Å². The van der Waals surface area contributed by atoms with Crippen LogP contribution in [-0.2, 0) is 28.2 Å². The van der Waals surface area contributed by atoms with E-state index in [-0.39, 0.29) is 19.4 Å². The fourth-order valence-corrected chi connectivity index (χ4v) is 5.49. The number of unbranched alkanes of at least 4 members (excludes halogenated alkanes) is 20. The van der Waals surface area contributed by atoms with Gasteiger partial charge in [0.05, 0.1) is 6.61 Å². The van der Waals surface area contributed by atoms with E-state index >= 15 is 0 Å². The summed E-state index contributed by atoms with van der Waals surface area (Å²) in [4.78, 5) is 42.6. The van der Waals surface area contributed by atoms with Crippen molar-refractivity contribution in [3.8, 4) is 0 Å². The molecule has 0 saturated heterocycles. The number of allylic oxidation sites excluding steroid dienone is 4. The van der Waals surface area contributed by atoms with Gasteiger partial charge in [-0.15, -0.1) is 0 Å². The van der Waals surface area contributed by atoms with E-state index in [4.69, 9.17) is 19.3 Å². The number of ether oxygens (including phenoxy) is 2. The van der Waals surface area contributed by atoms with Crippen LogP contribution < -0.4 is 0 Å². The number of phosphoric ester groups is 1. The van der Waals surface area contributed by atoms with Crippen molar-refractivity contribution in [1.29, 1.82) is 0 Å². The molecule has 0 spiro atoms. The summed E-state index contributed by atoms with van der Waals surface area (Å²) in [7, 11) is -4.75. The molecule has 0 bridgehead atoms. The minimum Gasteiger partial charge on any atom is -0.462 e. The summed E-state index contributed by atoms with van der Waals surface area (Å²) in [6, 6.07) is 0. The van der Waals surface area contributed by atoms with Crippen LogP contribution in [-0.4, -0.2) is 41.0 Å². The van der Waals surface area contributed by atoms with Crippen molar-refractivity contribution < 1.29 is 37.9 Å². The zero-order valence-corrected chi connectivity index (χ0v) is 30.4. The highest BCUT2D eigenvalue weighted by molar-refractivity contribution is 7.46. The van der Waals surface area contributed by atoms with Crippen molar-refractivity contribution in [2.75, 3.05) is 13.2 Å². The summed E-state index contributed by atoms with van der Waals surface area (Å²) in [6.07, 6.45) is 36.1. The van der Waals surface area contributed by atoms with Crippen molar-refractivity contribution in [1.82, 2.24) is 0 Å². The number of carbonyl (C=O) groups excluding carboxylic acids is 2. The standard InChI is InChI=1S/C37H69O8P/c1-3-5-7-9-11-13-15-17-18-20-22-24-26-28-30-32-37(39)45-35(34-44-46(40,41)42)33-43-36(38)31-29-27-25-23-21-19-16-14-12-10-8-6-4-2/h14,16,20,22,35H,3-13,15,17-19,21,23-34H2,1-2H3,(H2,40,41,42)/b16-14+,22-20+/t35-/m1/s1. The van der Waals surface area contributed by atoms with Crippen LogP contribution in [0.5, 0.6) is 0 Å². The Labute approximate surface area is 281 Å². The zero-order chi connectivity index (χ0) is 34.0. The molecule has 0 aromatic heterocycles. The number of carbonyl (C=O) groups is 2. The summed E-state index contributed by atoms with van der Waals surface area (Å²) in [6.45, 7) is 3.64. The molecule has 46 heavy (non-hydrogen) atoms. The van der Waals surface area contributed by atoms with Crippen LogP contribution in [0.2, 0.25) is 0 Å². The molecule has 9 heteroatoms. The van der Waals surface area contributed by atoms with Crippen LogP contribution in [0.15, 0.2) is 24.3 Å². The third-order valence-corrected chi connectivity index (χ3v) is 8.43. The Kier molecular flexibility index (Phi) is 32.4. The van der Waals surface area contributed by atoms with Crippen molar-refractivity contribution in [3.05, 3.63) is 24.3 Å². The van der Waals surface area contributed by atoms with E-state index in [0.717, 1.165) is 57.8 Å². The first-order valence-electron chi connectivity index (χ1n) is 18.6. The lowest BCUT2D eigenvalue weighted by molar-refractivity contribution is -0.161. The number of esters is 2. The Morgan fingerprint density at radius 1 is 0.543 bits per heavy atom. The Morgan fingerprint density at radius 3 is 1.37 bits per heavy atom. The van der Waals surface area contributed by atoms with E-state index < -0.39 is 32.5 Å². The predicted octanol–water partition coefficient (Wildman–Crippen LogP) is 10.8. The second-order valence-corrected chi connectivity index (χ2v) is 13.8. The molecule has 2 N–H and O–H groups in total. The molecule has 0 fully saturated rings. The molecule has 0 saturated carbocycles. The van der Waals surface area contributed by atoms with Crippen molar-refractivity contribution >= 4 is 19.8 Å². The van der Waals surface area contributed by atoms with Gasteiger partial charge in [0.25, 0.3) is 0 Å². The Balaban J connectivity index is 4.00. The van der Waals surface area contributed by atoms with Crippen LogP contribution in [0.1, 0.15) is 181 Å². The maximum Gasteiger partial charge on any atom is 0.469 e. The molecule has 0 radical (unpaired) electrons. The largest absolute Gasteiger partial charge is 0.469 e. The molecular weight excluding hydrogens is 603 g/mol. The van der Waals surface area contributed by atoms with Gasteiger partial charge in [0.15, 0.2) is 6.10 Å². The fraction of sp³-hybridized carbons (Fsp3) is 0.838. The number of hydrogen-bond donors (Lipinski definition) is 2. The average molecular weight is 673 g/mol. The minimum atomic E-state index is -4.75. The minimum absolute atomic E-state index is 0.192. The average Bonchev–Trinajstić information content (AvgIpc) is 3.02. The maximum absolute atomic E-state index is 12.3. The number of phosphoric acid groups is 1. The molecule has 0 aliphatic carbocycles. The van der Waals surface area contributed by atoms with Crippen molar-refractivity contribution in [3.63, 3.8) is 0 Å². The van der Waals surface area contributed by atoms with Crippen molar-refractivity contribution in [2.45, 2.75) is 187 Å². The molecule has 8 nitrogen and oxygen atoms in total. The van der Waals surface area contributed by atoms with E-state index in [1.54, 1.807) is 0 Å². The van der Waals surface area contributed by atoms with Gasteiger partial charge in [-0.25, -0.2) is 4.57 Å². The molecule has 0 heterocycles. The van der Waals surface area contributed by atoms with Gasteiger partial charge in [0.1, 0.15) is 6.61 Å². The third kappa shape index (κ3) is 35.4. The zero-order valence-electron chi connectivity index (χ0n) is 29.5. The molecule has 270 valence electrons. The second kappa shape index (κ2) is 33.4. The van der Waals surface area contributed by atoms with E-state index in [2.05, 4.69) is 42.7 Å². The van der Waals surface area contributed by atoms with E-state index in [9.17, 15) is 14.2 Å². The molecular formula is C37H69O8P. The fourth-order valence-electron chi connectivity index (χ4n) is 5.13. The van der Waals surface area contributed by atoms with Crippen LogP contribution in [0.25, 0.3) is 0 Å². The van der Waals surface area contributed by atoms with Crippen LogP contribution in [0.4, 0.5) is 0 Å². The topological polar surface area (TPSA) is 119 Å². The highest BCUT2D eigenvalue weighted by atomic mass is 31.2. The van der Waals surface area contributed by atoms with Gasteiger partial charge in [0.2, 0.25) is 0 Å². The molecule has 0 unspecified atom stereocenters. The van der Waals surface area contributed by atoms with Gasteiger partial charge in [0, 0.05) is 12.8 Å². The van der Waals surface area contributed by atoms with E-state index in [1.807, 2.05) is 0 Å². The Bertz CT molecular complexity index is 807. The summed E-state index contributed by atoms with van der Waals surface area (Å²) in [5, 5.41) is 0. The SMILES string of the molecule is CCCCCC/C=C/CCCCCCCC(=O)OC[C@H](COP(=O)(O)O)OC(=O)CCCCC/C=C/CCCCCCCCCC. The summed E-state index contributed by atoms with van der Waals surface area (Å²) >= 11 is 0. The highest BCUT2D eigenvalue weighted by Crippen LogP contribution is 2.36.